The van der Waals surface area contributed by atoms with Gasteiger partial charge in [0.1, 0.15) is 0 Å². The molecular formula is C21H31N3O. The average Bonchev–Trinajstić information content (AvgIpc) is 3.30. The van der Waals surface area contributed by atoms with Crippen LogP contribution in [0.1, 0.15) is 56.1 Å². The van der Waals surface area contributed by atoms with Crippen LogP contribution in [0.4, 0.5) is 5.69 Å². The number of nitrogens with one attached hydrogen (secondary N) is 2. The third-order valence-corrected chi connectivity index (χ3v) is 6.11. The van der Waals surface area contributed by atoms with Gasteiger partial charge in [-0.05, 0) is 74.8 Å². The summed E-state index contributed by atoms with van der Waals surface area (Å²) in [5, 5.41) is 7.23. The van der Waals surface area contributed by atoms with Crippen molar-refractivity contribution in [3.05, 3.63) is 29.3 Å². The summed E-state index contributed by atoms with van der Waals surface area (Å²) in [6, 6.07) is 7.47. The topological polar surface area (TPSA) is 44.4 Å². The van der Waals surface area contributed by atoms with E-state index >= 15 is 0 Å². The Morgan fingerprint density at radius 1 is 1.32 bits per heavy atom. The van der Waals surface area contributed by atoms with E-state index in [0.29, 0.717) is 18.4 Å². The van der Waals surface area contributed by atoms with Crippen molar-refractivity contribution >= 4 is 11.6 Å². The predicted molar refractivity (Wildman–Crippen MR) is 102 cm³/mol. The number of fused-ring (bicyclic) bond motifs is 1. The van der Waals surface area contributed by atoms with Crippen molar-refractivity contribution in [3.8, 4) is 0 Å². The molecule has 4 rings (SSSR count). The molecule has 2 heterocycles. The van der Waals surface area contributed by atoms with Crippen LogP contribution in [0.25, 0.3) is 0 Å². The molecule has 2 atom stereocenters. The van der Waals surface area contributed by atoms with E-state index in [0.717, 1.165) is 31.0 Å². The number of carbonyl (C=O) groups is 1. The highest BCUT2D eigenvalue weighted by atomic mass is 16.2. The van der Waals surface area contributed by atoms with E-state index in [9.17, 15) is 4.79 Å². The van der Waals surface area contributed by atoms with Gasteiger partial charge < -0.3 is 15.5 Å². The molecule has 2 fully saturated rings. The largest absolute Gasteiger partial charge is 0.317 e. The van der Waals surface area contributed by atoms with Crippen molar-refractivity contribution in [1.29, 1.82) is 0 Å². The molecule has 1 saturated carbocycles. The van der Waals surface area contributed by atoms with Crippen LogP contribution in [0.2, 0.25) is 0 Å². The van der Waals surface area contributed by atoms with Gasteiger partial charge in [0, 0.05) is 30.6 Å². The smallest absolute Gasteiger partial charge is 0.226 e. The van der Waals surface area contributed by atoms with E-state index in [2.05, 4.69) is 35.8 Å². The van der Waals surface area contributed by atoms with Crippen LogP contribution in [0, 0.1) is 5.92 Å². The van der Waals surface area contributed by atoms with Gasteiger partial charge in [0.05, 0.1) is 0 Å². The first-order valence-electron chi connectivity index (χ1n) is 10.1. The van der Waals surface area contributed by atoms with E-state index in [1.54, 1.807) is 0 Å². The van der Waals surface area contributed by atoms with Crippen LogP contribution in [-0.2, 0) is 11.2 Å². The molecule has 1 aromatic rings. The summed E-state index contributed by atoms with van der Waals surface area (Å²) < 4.78 is 0. The first-order chi connectivity index (χ1) is 12.3. The van der Waals surface area contributed by atoms with Crippen LogP contribution in [0.15, 0.2) is 18.2 Å². The van der Waals surface area contributed by atoms with Gasteiger partial charge in [-0.25, -0.2) is 0 Å². The lowest BCUT2D eigenvalue weighted by molar-refractivity contribution is -0.118. The molecule has 1 aliphatic carbocycles. The molecule has 0 spiro atoms. The first kappa shape index (κ1) is 17.0. The summed E-state index contributed by atoms with van der Waals surface area (Å²) in [6.07, 6.45) is 6.48. The van der Waals surface area contributed by atoms with E-state index in [-0.39, 0.29) is 5.91 Å². The van der Waals surface area contributed by atoms with Gasteiger partial charge in [-0.2, -0.15) is 0 Å². The fourth-order valence-corrected chi connectivity index (χ4v) is 4.45. The Kier molecular flexibility index (Phi) is 5.09. The molecule has 2 N–H and O–H groups in total. The second kappa shape index (κ2) is 7.46. The normalized spacial score (nSPS) is 25.9. The minimum Gasteiger partial charge on any atom is -0.317 e. The Morgan fingerprint density at radius 3 is 2.96 bits per heavy atom. The zero-order chi connectivity index (χ0) is 17.2. The van der Waals surface area contributed by atoms with E-state index in [1.165, 1.54) is 50.0 Å². The molecule has 4 heteroatoms. The average molecular weight is 341 g/mol. The fourth-order valence-electron chi connectivity index (χ4n) is 4.45. The first-order valence-corrected chi connectivity index (χ1v) is 10.1. The molecular weight excluding hydrogens is 310 g/mol. The molecule has 1 amide bonds. The van der Waals surface area contributed by atoms with Crippen molar-refractivity contribution in [2.24, 2.45) is 5.92 Å². The van der Waals surface area contributed by atoms with Crippen molar-refractivity contribution in [3.63, 3.8) is 0 Å². The summed E-state index contributed by atoms with van der Waals surface area (Å²) in [7, 11) is 0. The third kappa shape index (κ3) is 3.75. The molecule has 0 radical (unpaired) electrons. The number of hydrogen-bond acceptors (Lipinski definition) is 3. The second-order valence-corrected chi connectivity index (χ2v) is 7.98. The Labute approximate surface area is 151 Å². The van der Waals surface area contributed by atoms with E-state index in [4.69, 9.17) is 0 Å². The van der Waals surface area contributed by atoms with Gasteiger partial charge >= 0.3 is 0 Å². The van der Waals surface area contributed by atoms with Gasteiger partial charge in [0.15, 0.2) is 0 Å². The summed E-state index contributed by atoms with van der Waals surface area (Å²) >= 11 is 0. The van der Waals surface area contributed by atoms with Crippen molar-refractivity contribution < 1.29 is 4.79 Å². The quantitative estimate of drug-likeness (QED) is 0.836. The number of rotatable bonds is 6. The lowest BCUT2D eigenvalue weighted by Crippen LogP contribution is -2.34. The number of nitrogens with zero attached hydrogens (tertiary/aromatic N) is 1. The minimum atomic E-state index is 0.280. The Hall–Kier alpha value is -1.39. The van der Waals surface area contributed by atoms with Crippen LogP contribution in [0.3, 0.4) is 0 Å². The molecule has 2 aliphatic heterocycles. The Bertz CT molecular complexity index is 624. The van der Waals surface area contributed by atoms with Crippen molar-refractivity contribution in [2.45, 2.75) is 57.4 Å². The van der Waals surface area contributed by atoms with Crippen molar-refractivity contribution in [1.82, 2.24) is 10.6 Å². The van der Waals surface area contributed by atoms with E-state index < -0.39 is 0 Å². The number of amides is 1. The monoisotopic (exact) mass is 341 g/mol. The number of piperidine rings is 1. The van der Waals surface area contributed by atoms with Gasteiger partial charge in [-0.3, -0.25) is 4.79 Å². The van der Waals surface area contributed by atoms with Crippen LogP contribution in [0.5, 0.6) is 0 Å². The number of hydrogen-bond donors (Lipinski definition) is 2. The zero-order valence-electron chi connectivity index (χ0n) is 15.4. The molecule has 0 aromatic heterocycles. The maximum Gasteiger partial charge on any atom is 0.226 e. The summed E-state index contributed by atoms with van der Waals surface area (Å²) in [6.45, 7) is 6.46. The van der Waals surface area contributed by atoms with Crippen molar-refractivity contribution in [2.75, 3.05) is 31.1 Å². The highest BCUT2D eigenvalue weighted by Crippen LogP contribution is 2.43. The summed E-state index contributed by atoms with van der Waals surface area (Å²) in [5.74, 6) is 1.80. The SMILES string of the molecule is CCCC(=O)N1CCc2cc(C3CC3NCC3CCNCC3)ccc21. The van der Waals surface area contributed by atoms with E-state index in [1.807, 2.05) is 4.90 Å². The third-order valence-electron chi connectivity index (χ3n) is 6.11. The molecule has 1 aromatic carbocycles. The molecule has 0 bridgehead atoms. The maximum atomic E-state index is 12.2. The van der Waals surface area contributed by atoms with Gasteiger partial charge in [0.2, 0.25) is 5.91 Å². The molecule has 2 unspecified atom stereocenters. The van der Waals surface area contributed by atoms with Gasteiger partial charge in [0.25, 0.3) is 0 Å². The lowest BCUT2D eigenvalue weighted by Gasteiger charge is -2.23. The summed E-state index contributed by atoms with van der Waals surface area (Å²) in [5.41, 5.74) is 3.99. The number of benzene rings is 1. The summed E-state index contributed by atoms with van der Waals surface area (Å²) in [4.78, 5) is 14.2. The van der Waals surface area contributed by atoms with Crippen LogP contribution in [-0.4, -0.2) is 38.1 Å². The maximum absolute atomic E-state index is 12.2. The molecule has 1 saturated heterocycles. The fraction of sp³-hybridized carbons (Fsp3) is 0.667. The van der Waals surface area contributed by atoms with Gasteiger partial charge in [-0.1, -0.05) is 19.1 Å². The van der Waals surface area contributed by atoms with Crippen LogP contribution < -0.4 is 15.5 Å². The Balaban J connectivity index is 1.33. The molecule has 4 nitrogen and oxygen atoms in total. The standard InChI is InChI=1S/C21H31N3O/c1-2-3-21(25)24-11-8-17-12-16(4-5-20(17)24)18-13-19(18)23-14-15-6-9-22-10-7-15/h4-5,12,15,18-19,22-23H,2-3,6-11,13-14H2,1H3. The highest BCUT2D eigenvalue weighted by Gasteiger charge is 2.39. The highest BCUT2D eigenvalue weighted by molar-refractivity contribution is 5.95. The molecule has 25 heavy (non-hydrogen) atoms. The number of carbonyl (C=O) groups excluding carboxylic acids is 1. The lowest BCUT2D eigenvalue weighted by atomic mass is 9.98. The van der Waals surface area contributed by atoms with Gasteiger partial charge in [-0.15, -0.1) is 0 Å². The Morgan fingerprint density at radius 2 is 2.16 bits per heavy atom. The number of anilines is 1. The second-order valence-electron chi connectivity index (χ2n) is 7.98. The zero-order valence-corrected chi connectivity index (χ0v) is 15.4. The molecule has 136 valence electrons. The van der Waals surface area contributed by atoms with Crippen LogP contribution >= 0.6 is 0 Å². The molecule has 3 aliphatic rings. The predicted octanol–water partition coefficient (Wildman–Crippen LogP) is 2.82. The minimum absolute atomic E-state index is 0.280.